The number of fused-ring (bicyclic) bond motifs is 1. The highest BCUT2D eigenvalue weighted by atomic mass is 15.3. The van der Waals surface area contributed by atoms with E-state index in [4.69, 9.17) is 0 Å². The molecule has 3 nitrogen and oxygen atoms in total. The zero-order chi connectivity index (χ0) is 10.8. The van der Waals surface area contributed by atoms with Gasteiger partial charge in [-0.2, -0.15) is 5.10 Å². The summed E-state index contributed by atoms with van der Waals surface area (Å²) in [7, 11) is 0. The minimum Gasteiger partial charge on any atom is -0.241 e. The van der Waals surface area contributed by atoms with Gasteiger partial charge in [0.15, 0.2) is 5.82 Å². The third-order valence-electron chi connectivity index (χ3n) is 1.36. The van der Waals surface area contributed by atoms with Gasteiger partial charge in [0.1, 0.15) is 0 Å². The van der Waals surface area contributed by atoms with Crippen LogP contribution in [0.4, 0.5) is 5.82 Å². The molecule has 78 valence electrons. The van der Waals surface area contributed by atoms with Crippen molar-refractivity contribution in [3.8, 4) is 0 Å². The quantitative estimate of drug-likeness (QED) is 0.620. The van der Waals surface area contributed by atoms with Crippen LogP contribution in [0.15, 0.2) is 23.3 Å². The fourth-order valence-corrected chi connectivity index (χ4v) is 0.892. The Morgan fingerprint density at radius 3 is 2.64 bits per heavy atom. The number of aromatic nitrogens is 2. The van der Waals surface area contributed by atoms with Crippen molar-refractivity contribution in [1.82, 2.24) is 9.78 Å². The smallest absolute Gasteiger partial charge is 0.154 e. The Morgan fingerprint density at radius 2 is 1.93 bits per heavy atom. The minimum atomic E-state index is 0.892. The zero-order valence-corrected chi connectivity index (χ0v) is 9.44. The fraction of sp³-hybridized carbons (Fsp3) is 0.455. The molecule has 0 atom stereocenters. The molecule has 0 fully saturated rings. The van der Waals surface area contributed by atoms with Crippen LogP contribution in [0.5, 0.6) is 0 Å². The first-order valence-electron chi connectivity index (χ1n) is 5.19. The summed E-state index contributed by atoms with van der Waals surface area (Å²) in [4.78, 5) is 4.16. The topological polar surface area (TPSA) is 30.2 Å². The molecule has 2 heterocycles. The number of allylic oxidation sites excluding steroid dienone is 1. The van der Waals surface area contributed by atoms with Gasteiger partial charge in [-0.15, -0.1) is 0 Å². The Hall–Kier alpha value is -1.38. The number of aliphatic imine (C=N–C) groups is 1. The second-order valence-corrected chi connectivity index (χ2v) is 2.07. The fourth-order valence-electron chi connectivity index (χ4n) is 0.892. The number of hydrogen-bond donors (Lipinski definition) is 0. The van der Waals surface area contributed by atoms with Crippen LogP contribution in [0.25, 0.3) is 6.20 Å². The molecule has 0 bridgehead atoms. The molecule has 0 saturated heterocycles. The molecule has 0 N–H and O–H groups in total. The normalized spacial score (nSPS) is 11.4. The van der Waals surface area contributed by atoms with Gasteiger partial charge in [0.2, 0.25) is 0 Å². The first-order valence-corrected chi connectivity index (χ1v) is 5.19. The van der Waals surface area contributed by atoms with Crippen molar-refractivity contribution >= 4 is 18.2 Å². The molecule has 0 amide bonds. The second-order valence-electron chi connectivity index (χ2n) is 2.07. The van der Waals surface area contributed by atoms with Gasteiger partial charge >= 0.3 is 0 Å². The molecule has 1 aliphatic rings. The lowest BCUT2D eigenvalue weighted by Gasteiger charge is -1.90. The summed E-state index contributed by atoms with van der Waals surface area (Å²) in [6.07, 6.45) is 8.44. The van der Waals surface area contributed by atoms with E-state index in [1.54, 1.807) is 10.9 Å². The van der Waals surface area contributed by atoms with Gasteiger partial charge in [-0.1, -0.05) is 33.8 Å². The van der Waals surface area contributed by atoms with Crippen molar-refractivity contribution in [3.63, 3.8) is 0 Å². The molecule has 0 aromatic carbocycles. The number of hydrogen-bond acceptors (Lipinski definition) is 2. The molecule has 0 aliphatic carbocycles. The lowest BCUT2D eigenvalue weighted by Crippen LogP contribution is -1.84. The van der Waals surface area contributed by atoms with Crippen LogP contribution >= 0.6 is 0 Å². The molecular formula is C11H19N3. The molecule has 0 saturated carbocycles. The van der Waals surface area contributed by atoms with Crippen molar-refractivity contribution in [1.29, 1.82) is 0 Å². The summed E-state index contributed by atoms with van der Waals surface area (Å²) in [5.74, 6) is 0.897. The maximum Gasteiger partial charge on any atom is 0.154 e. The van der Waals surface area contributed by atoms with E-state index in [2.05, 4.69) is 10.1 Å². The summed E-state index contributed by atoms with van der Waals surface area (Å²) < 4.78 is 1.75. The van der Waals surface area contributed by atoms with Gasteiger partial charge in [-0.3, -0.25) is 0 Å². The molecule has 3 heteroatoms. The first-order chi connectivity index (χ1) is 6.97. The number of rotatable bonds is 0. The highest BCUT2D eigenvalue weighted by Crippen LogP contribution is 2.12. The Labute approximate surface area is 86.2 Å². The van der Waals surface area contributed by atoms with Crippen LogP contribution in [0.3, 0.4) is 0 Å². The maximum absolute atomic E-state index is 4.16. The molecular weight excluding hydrogens is 174 g/mol. The van der Waals surface area contributed by atoms with E-state index in [-0.39, 0.29) is 0 Å². The van der Waals surface area contributed by atoms with Crippen LogP contribution in [0.2, 0.25) is 0 Å². The zero-order valence-electron chi connectivity index (χ0n) is 9.44. The Bertz CT molecular complexity index is 258. The van der Waals surface area contributed by atoms with Crippen LogP contribution < -0.4 is 0 Å². The monoisotopic (exact) mass is 193 g/mol. The van der Waals surface area contributed by atoms with Crippen LogP contribution in [-0.4, -0.2) is 16.0 Å². The highest BCUT2D eigenvalue weighted by molar-refractivity contribution is 5.66. The third-order valence-corrected chi connectivity index (χ3v) is 1.36. The predicted octanol–water partition coefficient (Wildman–Crippen LogP) is 3.51. The van der Waals surface area contributed by atoms with Crippen molar-refractivity contribution in [2.24, 2.45) is 4.99 Å². The lowest BCUT2D eigenvalue weighted by molar-refractivity contribution is 0.935. The van der Waals surface area contributed by atoms with E-state index >= 15 is 0 Å². The van der Waals surface area contributed by atoms with E-state index in [1.165, 1.54) is 0 Å². The highest BCUT2D eigenvalue weighted by Gasteiger charge is 1.96. The number of nitrogens with zero attached hydrogens (tertiary/aromatic N) is 3. The minimum absolute atomic E-state index is 0.892. The van der Waals surface area contributed by atoms with Gasteiger partial charge in [-0.25, -0.2) is 9.67 Å². The molecule has 1 aromatic heterocycles. The van der Waals surface area contributed by atoms with Crippen molar-refractivity contribution in [2.45, 2.75) is 34.1 Å². The van der Waals surface area contributed by atoms with Gasteiger partial charge in [0, 0.05) is 24.9 Å². The van der Waals surface area contributed by atoms with Crippen LogP contribution in [0, 0.1) is 0 Å². The average Bonchev–Trinajstić information content (AvgIpc) is 2.61. The van der Waals surface area contributed by atoms with E-state index in [0.717, 1.165) is 12.2 Å². The maximum atomic E-state index is 4.16. The first kappa shape index (κ1) is 12.6. The van der Waals surface area contributed by atoms with Gasteiger partial charge < -0.3 is 0 Å². The molecule has 0 unspecified atom stereocenters. The summed E-state index contributed by atoms with van der Waals surface area (Å²) in [5.41, 5.74) is 0. The summed E-state index contributed by atoms with van der Waals surface area (Å²) in [6.45, 7) is 8.00. The van der Waals surface area contributed by atoms with Crippen molar-refractivity contribution < 1.29 is 0 Å². The van der Waals surface area contributed by atoms with Crippen LogP contribution in [0.1, 0.15) is 34.1 Å². The standard InChI is InChI=1S/C7H7N3.2C2H6/c1-2-6-10-7(8-4-1)3-5-9-10;2*1-2/h2-6H,1H2;2*1-2H3. The van der Waals surface area contributed by atoms with Gasteiger partial charge in [0.25, 0.3) is 0 Å². The Kier molecular flexibility index (Phi) is 7.42. The molecule has 1 aliphatic heterocycles. The Balaban J connectivity index is 0.000000379. The third kappa shape index (κ3) is 3.56. The predicted molar refractivity (Wildman–Crippen MR) is 63.0 cm³/mol. The van der Waals surface area contributed by atoms with Crippen molar-refractivity contribution in [2.75, 3.05) is 0 Å². The van der Waals surface area contributed by atoms with E-state index in [1.807, 2.05) is 52.3 Å². The average molecular weight is 193 g/mol. The summed E-state index contributed by atoms with van der Waals surface area (Å²) >= 11 is 0. The van der Waals surface area contributed by atoms with E-state index in [9.17, 15) is 0 Å². The van der Waals surface area contributed by atoms with Crippen molar-refractivity contribution in [3.05, 3.63) is 18.3 Å². The van der Waals surface area contributed by atoms with E-state index in [0.29, 0.717) is 0 Å². The molecule has 1 aromatic rings. The summed E-state index contributed by atoms with van der Waals surface area (Å²) in [5, 5.41) is 4.03. The summed E-state index contributed by atoms with van der Waals surface area (Å²) in [6, 6.07) is 1.88. The molecule has 2 rings (SSSR count). The second kappa shape index (κ2) is 8.23. The Morgan fingerprint density at radius 1 is 1.21 bits per heavy atom. The lowest BCUT2D eigenvalue weighted by atomic mass is 10.4. The van der Waals surface area contributed by atoms with Gasteiger partial charge in [0.05, 0.1) is 6.20 Å². The van der Waals surface area contributed by atoms with Crippen LogP contribution in [-0.2, 0) is 0 Å². The molecule has 0 radical (unpaired) electrons. The van der Waals surface area contributed by atoms with Gasteiger partial charge in [-0.05, 0) is 0 Å². The molecule has 0 spiro atoms. The van der Waals surface area contributed by atoms with E-state index < -0.39 is 0 Å². The largest absolute Gasteiger partial charge is 0.241 e. The molecule has 14 heavy (non-hydrogen) atoms. The SMILES string of the molecule is C1=Cn2nccc2N=CC1.CC.CC.